The van der Waals surface area contributed by atoms with Crippen LogP contribution in [0.1, 0.15) is 39.5 Å². The van der Waals surface area contributed by atoms with Crippen molar-refractivity contribution in [2.75, 3.05) is 0 Å². The van der Waals surface area contributed by atoms with E-state index in [-0.39, 0.29) is 11.8 Å². The number of carboxylic acid groups (broad SMARTS) is 1. The summed E-state index contributed by atoms with van der Waals surface area (Å²) in [5.74, 6) is -0.233. The van der Waals surface area contributed by atoms with Crippen molar-refractivity contribution in [3.63, 3.8) is 0 Å². The number of hydrogen-bond donors (Lipinski definition) is 2. The summed E-state index contributed by atoms with van der Waals surface area (Å²) in [6.45, 7) is 3.88. The molecule has 0 amide bonds. The molecule has 1 fully saturated rings. The smallest absolute Gasteiger partial charge is 0.320 e. The minimum atomic E-state index is -0.810. The number of carboxylic acids is 1. The number of ketones is 1. The fourth-order valence-corrected chi connectivity index (χ4v) is 2.14. The number of carbonyl (C=O) groups excluding carboxylic acids is 1. The first kappa shape index (κ1) is 12.2. The maximum atomic E-state index is 11.3. The summed E-state index contributed by atoms with van der Waals surface area (Å²) in [5.41, 5.74) is 0. The van der Waals surface area contributed by atoms with Gasteiger partial charge in [-0.15, -0.1) is 0 Å². The van der Waals surface area contributed by atoms with Crippen LogP contribution in [0.2, 0.25) is 0 Å². The van der Waals surface area contributed by atoms with E-state index in [2.05, 4.69) is 5.32 Å². The maximum absolute atomic E-state index is 11.3. The second-order valence-electron chi connectivity index (χ2n) is 4.43. The average molecular weight is 213 g/mol. The Morgan fingerprint density at radius 3 is 2.60 bits per heavy atom. The van der Waals surface area contributed by atoms with Gasteiger partial charge in [0.2, 0.25) is 0 Å². The molecule has 4 nitrogen and oxygen atoms in total. The van der Waals surface area contributed by atoms with Crippen LogP contribution in [-0.2, 0) is 9.59 Å². The third-order valence-electron chi connectivity index (χ3n) is 2.93. The number of piperidine rings is 1. The van der Waals surface area contributed by atoms with Crippen molar-refractivity contribution >= 4 is 11.8 Å². The first-order chi connectivity index (χ1) is 7.02. The largest absolute Gasteiger partial charge is 0.480 e. The fraction of sp³-hybridized carbons (Fsp3) is 0.818. The lowest BCUT2D eigenvalue weighted by Gasteiger charge is -2.32. The highest BCUT2D eigenvalue weighted by Crippen LogP contribution is 2.21. The van der Waals surface area contributed by atoms with Gasteiger partial charge in [-0.25, -0.2) is 0 Å². The van der Waals surface area contributed by atoms with Gasteiger partial charge in [-0.2, -0.15) is 0 Å². The molecule has 0 spiro atoms. The minimum Gasteiger partial charge on any atom is -0.480 e. The van der Waals surface area contributed by atoms with E-state index < -0.39 is 12.0 Å². The molecule has 1 heterocycles. The van der Waals surface area contributed by atoms with E-state index in [1.807, 2.05) is 13.8 Å². The third kappa shape index (κ3) is 3.63. The van der Waals surface area contributed by atoms with E-state index >= 15 is 0 Å². The Balaban J connectivity index is 2.51. The van der Waals surface area contributed by atoms with Crippen molar-refractivity contribution in [1.82, 2.24) is 5.32 Å². The monoisotopic (exact) mass is 213 g/mol. The minimum absolute atomic E-state index is 0.0438. The molecule has 3 unspecified atom stereocenters. The molecule has 0 aromatic heterocycles. The predicted molar refractivity (Wildman–Crippen MR) is 56.7 cm³/mol. The van der Waals surface area contributed by atoms with E-state index in [1.54, 1.807) is 0 Å². The molecule has 1 rings (SSSR count). The fourth-order valence-electron chi connectivity index (χ4n) is 2.14. The highest BCUT2D eigenvalue weighted by atomic mass is 16.4. The molecule has 0 bridgehead atoms. The van der Waals surface area contributed by atoms with Crippen molar-refractivity contribution in [1.29, 1.82) is 0 Å². The molecule has 1 aliphatic heterocycles. The van der Waals surface area contributed by atoms with E-state index in [1.165, 1.54) is 0 Å². The van der Waals surface area contributed by atoms with Crippen molar-refractivity contribution in [2.24, 2.45) is 5.92 Å². The molecule has 0 aromatic rings. The molecule has 1 saturated heterocycles. The van der Waals surface area contributed by atoms with Crippen molar-refractivity contribution in [3.8, 4) is 0 Å². The normalized spacial score (nSPS) is 31.2. The molecular weight excluding hydrogens is 194 g/mol. The van der Waals surface area contributed by atoms with Crippen molar-refractivity contribution in [2.45, 2.75) is 51.6 Å². The molecule has 86 valence electrons. The molecule has 2 N–H and O–H groups in total. The van der Waals surface area contributed by atoms with Crippen molar-refractivity contribution in [3.05, 3.63) is 0 Å². The van der Waals surface area contributed by atoms with Crippen molar-refractivity contribution < 1.29 is 14.7 Å². The summed E-state index contributed by atoms with van der Waals surface area (Å²) in [7, 11) is 0. The lowest BCUT2D eigenvalue weighted by atomic mass is 9.87. The topological polar surface area (TPSA) is 66.4 Å². The molecule has 0 aromatic carbocycles. The van der Waals surface area contributed by atoms with Crippen LogP contribution in [0.25, 0.3) is 0 Å². The molecule has 1 aliphatic rings. The zero-order valence-electron chi connectivity index (χ0n) is 9.32. The maximum Gasteiger partial charge on any atom is 0.320 e. The number of rotatable bonds is 4. The van der Waals surface area contributed by atoms with Gasteiger partial charge in [-0.3, -0.25) is 9.59 Å². The first-order valence-corrected chi connectivity index (χ1v) is 5.53. The van der Waals surface area contributed by atoms with Crippen LogP contribution >= 0.6 is 0 Å². The second-order valence-corrected chi connectivity index (χ2v) is 4.43. The Kier molecular flexibility index (Phi) is 4.27. The molecule has 0 aliphatic carbocycles. The Hall–Kier alpha value is -0.900. The standard InChI is InChI=1S/C11H19NO3/c1-3-9(13)6-8-4-7(2)5-10(12-8)11(14)15/h7-8,10,12H,3-6H2,1-2H3,(H,14,15). The van der Waals surface area contributed by atoms with Crippen LogP contribution < -0.4 is 5.32 Å². The summed E-state index contributed by atoms with van der Waals surface area (Å²) in [4.78, 5) is 22.1. The van der Waals surface area contributed by atoms with Crippen LogP contribution in [0.4, 0.5) is 0 Å². The Bertz CT molecular complexity index is 252. The molecule has 0 saturated carbocycles. The summed E-state index contributed by atoms with van der Waals surface area (Å²) < 4.78 is 0. The van der Waals surface area contributed by atoms with E-state index in [4.69, 9.17) is 5.11 Å². The Labute approximate surface area is 90.0 Å². The van der Waals surface area contributed by atoms with Crippen LogP contribution in [0, 0.1) is 5.92 Å². The SMILES string of the molecule is CCC(=O)CC1CC(C)CC(C(=O)O)N1. The quantitative estimate of drug-likeness (QED) is 0.736. The van der Waals surface area contributed by atoms with Gasteiger partial charge in [0, 0.05) is 18.9 Å². The van der Waals surface area contributed by atoms with Gasteiger partial charge in [-0.1, -0.05) is 13.8 Å². The van der Waals surface area contributed by atoms with Gasteiger partial charge in [0.1, 0.15) is 11.8 Å². The number of aliphatic carboxylic acids is 1. The lowest BCUT2D eigenvalue weighted by molar-refractivity contribution is -0.141. The van der Waals surface area contributed by atoms with Crippen LogP contribution in [0.3, 0.4) is 0 Å². The third-order valence-corrected chi connectivity index (χ3v) is 2.93. The van der Waals surface area contributed by atoms with Gasteiger partial charge in [0.15, 0.2) is 0 Å². The number of hydrogen-bond acceptors (Lipinski definition) is 3. The van der Waals surface area contributed by atoms with E-state index in [0.717, 1.165) is 6.42 Å². The summed E-state index contributed by atoms with van der Waals surface area (Å²) in [5, 5.41) is 11.9. The molecule has 0 radical (unpaired) electrons. The van der Waals surface area contributed by atoms with E-state index in [0.29, 0.717) is 25.2 Å². The number of Topliss-reactive ketones (excluding diaryl/α,β-unsaturated/α-hetero) is 1. The first-order valence-electron chi connectivity index (χ1n) is 5.53. The van der Waals surface area contributed by atoms with Gasteiger partial charge < -0.3 is 10.4 Å². The number of carbonyl (C=O) groups is 2. The van der Waals surface area contributed by atoms with E-state index in [9.17, 15) is 9.59 Å². The highest BCUT2D eigenvalue weighted by molar-refractivity contribution is 5.79. The molecular formula is C11H19NO3. The lowest BCUT2D eigenvalue weighted by Crippen LogP contribution is -2.49. The number of nitrogens with one attached hydrogen (secondary N) is 1. The molecule has 15 heavy (non-hydrogen) atoms. The predicted octanol–water partition coefficient (Wildman–Crippen LogP) is 1.20. The van der Waals surface area contributed by atoms with Crippen LogP contribution in [0.15, 0.2) is 0 Å². The van der Waals surface area contributed by atoms with Gasteiger partial charge >= 0.3 is 5.97 Å². The Morgan fingerprint density at radius 1 is 1.40 bits per heavy atom. The summed E-state index contributed by atoms with van der Waals surface area (Å²) in [6, 6.07) is -0.439. The van der Waals surface area contributed by atoms with Crippen LogP contribution in [-0.4, -0.2) is 28.9 Å². The second kappa shape index (κ2) is 5.26. The summed E-state index contributed by atoms with van der Waals surface area (Å²) in [6.07, 6.45) is 2.55. The van der Waals surface area contributed by atoms with Gasteiger partial charge in [0.05, 0.1) is 0 Å². The van der Waals surface area contributed by atoms with Gasteiger partial charge in [-0.05, 0) is 18.8 Å². The zero-order valence-corrected chi connectivity index (χ0v) is 9.32. The van der Waals surface area contributed by atoms with Crippen LogP contribution in [0.5, 0.6) is 0 Å². The molecule has 3 atom stereocenters. The summed E-state index contributed by atoms with van der Waals surface area (Å²) >= 11 is 0. The highest BCUT2D eigenvalue weighted by Gasteiger charge is 2.30. The van der Waals surface area contributed by atoms with Gasteiger partial charge in [0.25, 0.3) is 0 Å². The molecule has 4 heteroatoms. The average Bonchev–Trinajstić information content (AvgIpc) is 2.16. The Morgan fingerprint density at radius 2 is 2.07 bits per heavy atom. The zero-order chi connectivity index (χ0) is 11.4.